The van der Waals surface area contributed by atoms with Gasteiger partial charge in [0.1, 0.15) is 18.0 Å². The summed E-state index contributed by atoms with van der Waals surface area (Å²) in [6.07, 6.45) is 6.69. The number of aromatic amines is 1. The number of hydrogen-bond acceptors (Lipinski definition) is 3. The molecule has 1 aromatic carbocycles. The van der Waals surface area contributed by atoms with Crippen LogP contribution < -0.4 is 0 Å². The van der Waals surface area contributed by atoms with Gasteiger partial charge in [-0.05, 0) is 48.6 Å². The zero-order valence-electron chi connectivity index (χ0n) is 16.6. The van der Waals surface area contributed by atoms with Crippen molar-refractivity contribution in [3.63, 3.8) is 0 Å². The molecular weight excluding hydrogens is 362 g/mol. The Hall–Kier alpha value is -3.15. The van der Waals surface area contributed by atoms with Crippen LogP contribution in [-0.2, 0) is 17.8 Å². The van der Waals surface area contributed by atoms with Gasteiger partial charge in [0.25, 0.3) is 0 Å². The van der Waals surface area contributed by atoms with E-state index in [1.54, 1.807) is 0 Å². The molecule has 0 saturated carbocycles. The minimum Gasteiger partial charge on any atom is -0.346 e. The minimum atomic E-state index is 0.182. The second kappa shape index (κ2) is 7.35. The van der Waals surface area contributed by atoms with Gasteiger partial charge in [-0.15, -0.1) is 0 Å². The topological polar surface area (TPSA) is 66.8 Å². The second-order valence-corrected chi connectivity index (χ2v) is 7.76. The monoisotopic (exact) mass is 387 g/mol. The number of nitrogens with zero attached hydrogens (tertiary/aromatic N) is 4. The fraction of sp³-hybridized carbons (Fsp3) is 0.348. The van der Waals surface area contributed by atoms with Crippen LogP contribution in [0.15, 0.2) is 48.8 Å². The van der Waals surface area contributed by atoms with Crippen LogP contribution >= 0.6 is 0 Å². The molecule has 1 fully saturated rings. The van der Waals surface area contributed by atoms with Crippen LogP contribution in [0, 0.1) is 0 Å². The average molecular weight is 387 g/mol. The molecule has 3 aromatic heterocycles. The predicted octanol–water partition coefficient (Wildman–Crippen LogP) is 3.88. The van der Waals surface area contributed by atoms with E-state index in [2.05, 4.69) is 38.7 Å². The standard InChI is InChI=1S/C23H25N5O/c1-2-21-26-19-7-3-4-8-20(19)28(21)15-22(29)27-12-9-16(10-13-27)18-14-25-23-17(18)6-5-11-24-23/h3-8,11,14,16H,2,9-10,12-13,15H2,1H3,(H,24,25). The van der Waals surface area contributed by atoms with Gasteiger partial charge in [-0.1, -0.05) is 19.1 Å². The first-order chi connectivity index (χ1) is 14.2. The molecule has 4 aromatic rings. The maximum atomic E-state index is 13.0. The molecule has 0 atom stereocenters. The second-order valence-electron chi connectivity index (χ2n) is 7.76. The predicted molar refractivity (Wildman–Crippen MR) is 114 cm³/mol. The number of aromatic nitrogens is 4. The number of likely N-dealkylation sites (tertiary alicyclic amines) is 1. The number of fused-ring (bicyclic) bond motifs is 2. The summed E-state index contributed by atoms with van der Waals surface area (Å²) in [5, 5.41) is 1.20. The van der Waals surface area contributed by atoms with Crippen molar-refractivity contribution in [3.8, 4) is 0 Å². The third-order valence-electron chi connectivity index (χ3n) is 6.11. The summed E-state index contributed by atoms with van der Waals surface area (Å²) in [7, 11) is 0. The van der Waals surface area contributed by atoms with Crippen LogP contribution in [0.4, 0.5) is 0 Å². The van der Waals surface area contributed by atoms with E-state index < -0.39 is 0 Å². The normalized spacial score (nSPS) is 15.4. The van der Waals surface area contributed by atoms with Gasteiger partial charge in [-0.3, -0.25) is 4.79 Å². The number of pyridine rings is 1. The van der Waals surface area contributed by atoms with Gasteiger partial charge in [0.05, 0.1) is 11.0 Å². The maximum Gasteiger partial charge on any atom is 0.242 e. The van der Waals surface area contributed by atoms with Crippen LogP contribution in [0.5, 0.6) is 0 Å². The lowest BCUT2D eigenvalue weighted by Crippen LogP contribution is -2.39. The first-order valence-corrected chi connectivity index (χ1v) is 10.4. The van der Waals surface area contributed by atoms with Crippen LogP contribution in [0.25, 0.3) is 22.1 Å². The van der Waals surface area contributed by atoms with Crippen molar-refractivity contribution < 1.29 is 4.79 Å². The molecule has 0 unspecified atom stereocenters. The van der Waals surface area contributed by atoms with Gasteiger partial charge >= 0.3 is 0 Å². The zero-order valence-corrected chi connectivity index (χ0v) is 16.6. The third-order valence-corrected chi connectivity index (χ3v) is 6.11. The van der Waals surface area contributed by atoms with Crippen LogP contribution in [0.3, 0.4) is 0 Å². The van der Waals surface area contributed by atoms with Crippen molar-refractivity contribution >= 4 is 28.0 Å². The summed E-state index contributed by atoms with van der Waals surface area (Å²) in [6, 6.07) is 12.2. The van der Waals surface area contributed by atoms with E-state index in [1.807, 2.05) is 41.4 Å². The number of rotatable bonds is 4. The molecule has 4 heterocycles. The Kier molecular flexibility index (Phi) is 4.54. The number of hydrogen-bond donors (Lipinski definition) is 1. The zero-order chi connectivity index (χ0) is 19.8. The highest BCUT2D eigenvalue weighted by atomic mass is 16.2. The molecule has 0 radical (unpaired) electrons. The molecular formula is C23H25N5O. The molecule has 5 rings (SSSR count). The Morgan fingerprint density at radius 3 is 2.83 bits per heavy atom. The Morgan fingerprint density at radius 1 is 1.17 bits per heavy atom. The molecule has 1 amide bonds. The van der Waals surface area contributed by atoms with Crippen LogP contribution in [0.1, 0.15) is 37.1 Å². The molecule has 0 bridgehead atoms. The average Bonchev–Trinajstić information content (AvgIpc) is 3.35. The van der Waals surface area contributed by atoms with Crippen LogP contribution in [-0.4, -0.2) is 43.4 Å². The Balaban J connectivity index is 1.30. The summed E-state index contributed by atoms with van der Waals surface area (Å²) in [6.45, 7) is 4.05. The molecule has 1 aliphatic rings. The summed E-state index contributed by atoms with van der Waals surface area (Å²) in [5.74, 6) is 1.62. The number of aryl methyl sites for hydroxylation is 1. The maximum absolute atomic E-state index is 13.0. The first kappa shape index (κ1) is 17.9. The molecule has 148 valence electrons. The van der Waals surface area contributed by atoms with E-state index in [0.717, 1.165) is 54.9 Å². The van der Waals surface area contributed by atoms with Gasteiger partial charge in [0.2, 0.25) is 5.91 Å². The van der Waals surface area contributed by atoms with E-state index >= 15 is 0 Å². The number of amides is 1. The SMILES string of the molecule is CCc1nc2ccccc2n1CC(=O)N1CCC(c2c[nH]c3ncccc23)CC1. The van der Waals surface area contributed by atoms with E-state index in [-0.39, 0.29) is 5.91 Å². The van der Waals surface area contributed by atoms with Gasteiger partial charge in [-0.2, -0.15) is 0 Å². The number of nitrogens with one attached hydrogen (secondary N) is 1. The molecule has 6 nitrogen and oxygen atoms in total. The van der Waals surface area contributed by atoms with Crippen molar-refractivity contribution in [1.82, 2.24) is 24.4 Å². The van der Waals surface area contributed by atoms with Crippen molar-refractivity contribution in [3.05, 3.63) is 60.2 Å². The first-order valence-electron chi connectivity index (χ1n) is 10.4. The molecule has 1 saturated heterocycles. The minimum absolute atomic E-state index is 0.182. The number of imidazole rings is 1. The number of H-pyrrole nitrogens is 1. The molecule has 6 heteroatoms. The van der Waals surface area contributed by atoms with E-state index in [4.69, 9.17) is 0 Å². The third kappa shape index (κ3) is 3.18. The van der Waals surface area contributed by atoms with Crippen molar-refractivity contribution in [2.24, 2.45) is 0 Å². The largest absolute Gasteiger partial charge is 0.346 e. The van der Waals surface area contributed by atoms with Gasteiger partial charge in [0.15, 0.2) is 0 Å². The summed E-state index contributed by atoms with van der Waals surface area (Å²) in [5.41, 5.74) is 4.27. The lowest BCUT2D eigenvalue weighted by molar-refractivity contribution is -0.132. The summed E-state index contributed by atoms with van der Waals surface area (Å²) >= 11 is 0. The van der Waals surface area contributed by atoms with Crippen molar-refractivity contribution in [1.29, 1.82) is 0 Å². The number of benzene rings is 1. The van der Waals surface area contributed by atoms with Crippen molar-refractivity contribution in [2.45, 2.75) is 38.6 Å². The van der Waals surface area contributed by atoms with E-state index in [1.165, 1.54) is 10.9 Å². The van der Waals surface area contributed by atoms with Crippen molar-refractivity contribution in [2.75, 3.05) is 13.1 Å². The lowest BCUT2D eigenvalue weighted by atomic mass is 9.89. The molecule has 0 spiro atoms. The fourth-order valence-corrected chi connectivity index (χ4v) is 4.56. The highest BCUT2D eigenvalue weighted by Gasteiger charge is 2.26. The highest BCUT2D eigenvalue weighted by molar-refractivity contribution is 5.82. The number of piperidine rings is 1. The van der Waals surface area contributed by atoms with E-state index in [9.17, 15) is 4.79 Å². The van der Waals surface area contributed by atoms with E-state index in [0.29, 0.717) is 12.5 Å². The Bertz CT molecular complexity index is 1170. The summed E-state index contributed by atoms with van der Waals surface area (Å²) < 4.78 is 2.08. The number of para-hydroxylation sites is 2. The summed E-state index contributed by atoms with van der Waals surface area (Å²) in [4.78, 5) is 27.4. The number of carbonyl (C=O) groups is 1. The Labute approximate surface area is 169 Å². The highest BCUT2D eigenvalue weighted by Crippen LogP contribution is 2.32. The Morgan fingerprint density at radius 2 is 2.00 bits per heavy atom. The molecule has 29 heavy (non-hydrogen) atoms. The number of carbonyl (C=O) groups excluding carboxylic acids is 1. The fourth-order valence-electron chi connectivity index (χ4n) is 4.56. The molecule has 1 N–H and O–H groups in total. The lowest BCUT2D eigenvalue weighted by Gasteiger charge is -2.32. The smallest absolute Gasteiger partial charge is 0.242 e. The molecule has 1 aliphatic heterocycles. The quantitative estimate of drug-likeness (QED) is 0.578. The molecule has 0 aliphatic carbocycles. The van der Waals surface area contributed by atoms with Gasteiger partial charge < -0.3 is 14.5 Å². The van der Waals surface area contributed by atoms with Crippen LogP contribution in [0.2, 0.25) is 0 Å². The van der Waals surface area contributed by atoms with Gasteiger partial charge in [-0.25, -0.2) is 9.97 Å². The van der Waals surface area contributed by atoms with Gasteiger partial charge in [0, 0.05) is 37.3 Å².